The molecule has 2 saturated heterocycles. The summed E-state index contributed by atoms with van der Waals surface area (Å²) in [5.41, 5.74) is -0.0654. The van der Waals surface area contributed by atoms with Crippen LogP contribution in [0.2, 0.25) is 0 Å². The molecule has 0 aromatic rings. The summed E-state index contributed by atoms with van der Waals surface area (Å²) in [4.78, 5) is 47.2. The third-order valence-corrected chi connectivity index (χ3v) is 8.94. The number of hydrogen-bond acceptors (Lipinski definition) is 10. The minimum absolute atomic E-state index is 0.0864. The molecule has 11 nitrogen and oxygen atoms in total. The number of aliphatic hydroxyl groups is 1. The normalized spacial score (nSPS) is 27.9. The maximum atomic E-state index is 13.0. The lowest BCUT2D eigenvalue weighted by Gasteiger charge is -2.53. The lowest BCUT2D eigenvalue weighted by atomic mass is 9.78. The zero-order valence-electron chi connectivity index (χ0n) is 29.2. The molecule has 0 amide bonds. The molecule has 0 aromatic carbocycles. The van der Waals surface area contributed by atoms with Gasteiger partial charge in [-0.1, -0.05) is 75.3 Å². The van der Waals surface area contributed by atoms with Crippen LogP contribution in [0.3, 0.4) is 0 Å². The van der Waals surface area contributed by atoms with E-state index in [9.17, 15) is 24.3 Å². The number of unbranched alkanes of at least 4 members (excludes halogenated alkanes) is 1. The van der Waals surface area contributed by atoms with Crippen LogP contribution in [0.25, 0.3) is 0 Å². The van der Waals surface area contributed by atoms with Gasteiger partial charge in [0.05, 0.1) is 39.3 Å². The quantitative estimate of drug-likeness (QED) is 0.0818. The highest BCUT2D eigenvalue weighted by molar-refractivity contribution is 5.82. The maximum absolute atomic E-state index is 13.0. The SMILES string of the molecule is CCCC[C@@]1(OC(=O)CCC(=O)OC)CC[C@]2(CC[C@H](C)[C@@H](C/C=C(C)/C=C/[C@H](O)[C@@H](C)/C=C/C(=O)O)O2)O[C@H]1/C=C/C=C/C(=O)OC. The number of allylic oxidation sites excluding steroid dienone is 4. The first-order chi connectivity index (χ1) is 22.8. The van der Waals surface area contributed by atoms with Gasteiger partial charge < -0.3 is 33.9 Å². The number of carboxylic acids is 1. The number of carbonyl (C=O) groups excluding carboxylic acids is 3. The molecule has 11 heteroatoms. The number of methoxy groups -OCH3 is 2. The highest BCUT2D eigenvalue weighted by atomic mass is 16.7. The zero-order chi connectivity index (χ0) is 35.7. The average Bonchev–Trinajstić information content (AvgIpc) is 3.07. The van der Waals surface area contributed by atoms with Crippen LogP contribution in [0, 0.1) is 11.8 Å². The van der Waals surface area contributed by atoms with Crippen LogP contribution < -0.4 is 0 Å². The minimum Gasteiger partial charge on any atom is -0.478 e. The Morgan fingerprint density at radius 1 is 0.958 bits per heavy atom. The van der Waals surface area contributed by atoms with Gasteiger partial charge in [0, 0.05) is 30.9 Å². The van der Waals surface area contributed by atoms with E-state index in [0.717, 1.165) is 30.9 Å². The highest BCUT2D eigenvalue weighted by Crippen LogP contribution is 2.48. The Kier molecular flexibility index (Phi) is 17.0. The molecule has 2 heterocycles. The van der Waals surface area contributed by atoms with Gasteiger partial charge in [-0.2, -0.15) is 0 Å². The number of aliphatic hydroxyl groups excluding tert-OH is 1. The number of carboxylic acid groups (broad SMARTS) is 1. The molecule has 0 aromatic heterocycles. The highest BCUT2D eigenvalue weighted by Gasteiger charge is 2.54. The molecule has 48 heavy (non-hydrogen) atoms. The molecule has 1 spiro atoms. The van der Waals surface area contributed by atoms with Crippen LogP contribution in [0.5, 0.6) is 0 Å². The smallest absolute Gasteiger partial charge is 0.330 e. The molecule has 2 rings (SSSR count). The Balaban J connectivity index is 2.28. The number of ether oxygens (including phenoxy) is 5. The van der Waals surface area contributed by atoms with E-state index in [1.54, 1.807) is 31.2 Å². The van der Waals surface area contributed by atoms with E-state index in [4.69, 9.17) is 19.3 Å². The number of hydrogen-bond donors (Lipinski definition) is 2. The van der Waals surface area contributed by atoms with Crippen molar-refractivity contribution in [1.82, 2.24) is 0 Å². The van der Waals surface area contributed by atoms with Crippen LogP contribution >= 0.6 is 0 Å². The van der Waals surface area contributed by atoms with Crippen molar-refractivity contribution in [2.45, 2.75) is 122 Å². The predicted molar refractivity (Wildman–Crippen MR) is 179 cm³/mol. The van der Waals surface area contributed by atoms with Crippen molar-refractivity contribution in [2.24, 2.45) is 11.8 Å². The first-order valence-corrected chi connectivity index (χ1v) is 16.8. The zero-order valence-corrected chi connectivity index (χ0v) is 29.2. The molecule has 0 aliphatic carbocycles. The van der Waals surface area contributed by atoms with Gasteiger partial charge in [0.15, 0.2) is 5.79 Å². The van der Waals surface area contributed by atoms with Crippen molar-refractivity contribution < 1.29 is 53.1 Å². The predicted octanol–water partition coefficient (Wildman–Crippen LogP) is 5.92. The molecule has 2 N–H and O–H groups in total. The molecule has 2 aliphatic heterocycles. The van der Waals surface area contributed by atoms with E-state index in [-0.39, 0.29) is 30.8 Å². The number of esters is 3. The van der Waals surface area contributed by atoms with E-state index in [0.29, 0.717) is 32.1 Å². The van der Waals surface area contributed by atoms with Gasteiger partial charge in [0.25, 0.3) is 0 Å². The Hall–Kier alpha value is -3.54. The lowest BCUT2D eigenvalue weighted by molar-refractivity contribution is -0.344. The van der Waals surface area contributed by atoms with Gasteiger partial charge in [-0.05, 0) is 44.9 Å². The number of carbonyl (C=O) groups is 4. The number of rotatable bonds is 17. The molecule has 0 unspecified atom stereocenters. The fourth-order valence-electron chi connectivity index (χ4n) is 5.79. The van der Waals surface area contributed by atoms with Crippen molar-refractivity contribution in [3.63, 3.8) is 0 Å². The summed E-state index contributed by atoms with van der Waals surface area (Å²) in [5, 5.41) is 19.2. The van der Waals surface area contributed by atoms with Gasteiger partial charge in [-0.25, -0.2) is 9.59 Å². The van der Waals surface area contributed by atoms with Gasteiger partial charge in [0.1, 0.15) is 11.7 Å². The third-order valence-electron chi connectivity index (χ3n) is 8.94. The topological polar surface area (TPSA) is 155 Å². The van der Waals surface area contributed by atoms with Crippen LogP contribution in [-0.4, -0.2) is 78.0 Å². The fraction of sp³-hybridized carbons (Fsp3) is 0.622. The van der Waals surface area contributed by atoms with E-state index < -0.39 is 47.5 Å². The summed E-state index contributed by atoms with van der Waals surface area (Å²) >= 11 is 0. The lowest BCUT2D eigenvalue weighted by Crippen LogP contribution is -2.59. The van der Waals surface area contributed by atoms with E-state index >= 15 is 0 Å². The number of aliphatic carboxylic acids is 1. The van der Waals surface area contributed by atoms with Crippen molar-refractivity contribution >= 4 is 23.9 Å². The third kappa shape index (κ3) is 13.2. The first-order valence-electron chi connectivity index (χ1n) is 16.8. The minimum atomic E-state index is -1.06. The molecule has 2 aliphatic rings. The maximum Gasteiger partial charge on any atom is 0.330 e. The van der Waals surface area contributed by atoms with Crippen molar-refractivity contribution in [2.75, 3.05) is 14.2 Å². The summed E-state index contributed by atoms with van der Waals surface area (Å²) in [5.74, 6) is -3.59. The van der Waals surface area contributed by atoms with Gasteiger partial charge in [-0.3, -0.25) is 9.59 Å². The monoisotopic (exact) mass is 674 g/mol. The second-order valence-corrected chi connectivity index (χ2v) is 12.7. The van der Waals surface area contributed by atoms with Gasteiger partial charge in [0.2, 0.25) is 0 Å². The van der Waals surface area contributed by atoms with Crippen molar-refractivity contribution in [3.05, 3.63) is 60.3 Å². The van der Waals surface area contributed by atoms with Crippen molar-refractivity contribution in [1.29, 1.82) is 0 Å². The van der Waals surface area contributed by atoms with E-state index in [1.165, 1.54) is 26.4 Å². The van der Waals surface area contributed by atoms with E-state index in [2.05, 4.69) is 23.3 Å². The average molecular weight is 675 g/mol. The van der Waals surface area contributed by atoms with Gasteiger partial charge in [-0.15, -0.1) is 0 Å². The molecule has 7 atom stereocenters. The van der Waals surface area contributed by atoms with Crippen LogP contribution in [0.1, 0.15) is 91.9 Å². The van der Waals surface area contributed by atoms with Gasteiger partial charge >= 0.3 is 23.9 Å². The summed E-state index contributed by atoms with van der Waals surface area (Å²) in [6.45, 7) is 7.87. The Bertz CT molecular complexity index is 1230. The standard InChI is InChI=1S/C37H54O11/c1-7-8-22-36(48-35(43)20-19-34(42)45-6)24-25-37(47-31(36)11-9-10-12-33(41)44-5)23-21-28(4)30(46-37)17-14-26(2)13-16-29(38)27(3)15-18-32(39)40/h9-16,18,27-31,38H,7-8,17,19-25H2,1-6H3,(H,39,40)/b11-9+,12-10+,16-13+,18-15+,26-14+/t27-,28-,29-,30+,31-,36+,37-/m0/s1. The van der Waals surface area contributed by atoms with Crippen molar-refractivity contribution in [3.8, 4) is 0 Å². The molecule has 268 valence electrons. The molecule has 0 bridgehead atoms. The van der Waals surface area contributed by atoms with Crippen LogP contribution in [0.4, 0.5) is 0 Å². The Morgan fingerprint density at radius 2 is 1.69 bits per heavy atom. The molecule has 0 radical (unpaired) electrons. The second kappa shape index (κ2) is 20.1. The first kappa shape index (κ1) is 40.6. The Morgan fingerprint density at radius 3 is 2.35 bits per heavy atom. The largest absolute Gasteiger partial charge is 0.478 e. The van der Waals surface area contributed by atoms with Crippen LogP contribution in [0.15, 0.2) is 60.3 Å². The molecular weight excluding hydrogens is 620 g/mol. The summed E-state index contributed by atoms with van der Waals surface area (Å²) in [6.07, 6.45) is 17.7. The molecule has 0 saturated carbocycles. The Labute approximate surface area is 284 Å². The summed E-state index contributed by atoms with van der Waals surface area (Å²) in [7, 11) is 2.57. The van der Waals surface area contributed by atoms with Crippen LogP contribution in [-0.2, 0) is 42.9 Å². The molecule has 2 fully saturated rings. The van der Waals surface area contributed by atoms with E-state index in [1.807, 2.05) is 19.1 Å². The fourth-order valence-corrected chi connectivity index (χ4v) is 5.79. The molecular formula is C37H54O11. The summed E-state index contributed by atoms with van der Waals surface area (Å²) in [6, 6.07) is 0. The second-order valence-electron chi connectivity index (χ2n) is 12.7. The summed E-state index contributed by atoms with van der Waals surface area (Å²) < 4.78 is 29.1.